The second-order valence-electron chi connectivity index (χ2n) is 4.14. The van der Waals surface area contributed by atoms with Crippen LogP contribution in [-0.4, -0.2) is 28.6 Å². The Kier molecular flexibility index (Phi) is 5.63. The molecule has 1 atom stereocenters. The quantitative estimate of drug-likeness (QED) is 0.795. The lowest BCUT2D eigenvalue weighted by Gasteiger charge is -2.16. The van der Waals surface area contributed by atoms with Crippen LogP contribution in [0.2, 0.25) is 5.02 Å². The van der Waals surface area contributed by atoms with E-state index in [9.17, 15) is 5.11 Å². The highest BCUT2D eigenvalue weighted by molar-refractivity contribution is 9.10. The van der Waals surface area contributed by atoms with E-state index in [0.717, 1.165) is 8.95 Å². The molecule has 0 bridgehead atoms. The molecule has 0 fully saturated rings. The van der Waals surface area contributed by atoms with Crippen LogP contribution < -0.4 is 0 Å². The normalized spacial score (nSPS) is 12.7. The van der Waals surface area contributed by atoms with Crippen molar-refractivity contribution in [2.45, 2.75) is 12.6 Å². The predicted octanol–water partition coefficient (Wildman–Crippen LogP) is 3.79. The molecule has 0 saturated heterocycles. The molecule has 4 nitrogen and oxygen atoms in total. The largest absolute Gasteiger partial charge is 0.383 e. The van der Waals surface area contributed by atoms with E-state index in [1.807, 2.05) is 12.1 Å². The maximum Gasteiger partial charge on any atom is 0.123 e. The Labute approximate surface area is 139 Å². The summed E-state index contributed by atoms with van der Waals surface area (Å²) in [4.78, 5) is 0. The number of methoxy groups -OCH3 is 1. The first-order valence-electron chi connectivity index (χ1n) is 5.88. The van der Waals surface area contributed by atoms with Crippen LogP contribution in [0.5, 0.6) is 0 Å². The van der Waals surface area contributed by atoms with E-state index in [2.05, 4.69) is 37.0 Å². The van der Waals surface area contributed by atoms with Crippen molar-refractivity contribution in [1.29, 1.82) is 0 Å². The van der Waals surface area contributed by atoms with Crippen molar-refractivity contribution in [3.8, 4) is 0 Å². The van der Waals surface area contributed by atoms with Crippen LogP contribution in [0.15, 0.2) is 33.3 Å². The van der Waals surface area contributed by atoms with Crippen LogP contribution in [0.1, 0.15) is 17.4 Å². The smallest absolute Gasteiger partial charge is 0.123 e. The summed E-state index contributed by atoms with van der Waals surface area (Å²) < 4.78 is 8.23. The van der Waals surface area contributed by atoms with Crippen LogP contribution in [0.4, 0.5) is 0 Å². The van der Waals surface area contributed by atoms with Crippen molar-refractivity contribution in [2.24, 2.45) is 0 Å². The Morgan fingerprint density at radius 1 is 1.40 bits per heavy atom. The molecular formula is C13H13Br2ClN2O2. The third-order valence-electron chi connectivity index (χ3n) is 2.88. The first-order chi connectivity index (χ1) is 9.56. The minimum absolute atomic E-state index is 0.492. The van der Waals surface area contributed by atoms with E-state index in [1.54, 1.807) is 24.1 Å². The minimum atomic E-state index is -0.867. The summed E-state index contributed by atoms with van der Waals surface area (Å²) in [6.45, 7) is 1.07. The molecule has 0 aliphatic heterocycles. The van der Waals surface area contributed by atoms with Gasteiger partial charge in [-0.05, 0) is 37.9 Å². The SMILES string of the molecule is COCCn1ncc(Br)c1C(O)c1cccc(Br)c1Cl. The Bertz CT molecular complexity index is 604. The average Bonchev–Trinajstić information content (AvgIpc) is 2.80. The first kappa shape index (κ1) is 16.0. The van der Waals surface area contributed by atoms with Crippen LogP contribution in [0, 0.1) is 0 Å². The Hall–Kier alpha value is -0.400. The molecule has 0 spiro atoms. The van der Waals surface area contributed by atoms with Gasteiger partial charge in [-0.1, -0.05) is 23.7 Å². The van der Waals surface area contributed by atoms with Gasteiger partial charge in [0.05, 0.1) is 34.5 Å². The highest BCUT2D eigenvalue weighted by atomic mass is 79.9. The topological polar surface area (TPSA) is 47.3 Å². The molecule has 0 radical (unpaired) electrons. The maximum atomic E-state index is 10.6. The highest BCUT2D eigenvalue weighted by Gasteiger charge is 2.22. The summed E-state index contributed by atoms with van der Waals surface area (Å²) in [5.74, 6) is 0. The van der Waals surface area contributed by atoms with Gasteiger partial charge in [-0.3, -0.25) is 4.68 Å². The number of ether oxygens (including phenoxy) is 1. The van der Waals surface area contributed by atoms with E-state index in [1.165, 1.54) is 0 Å². The summed E-state index contributed by atoms with van der Waals surface area (Å²) >= 11 is 13.0. The number of hydrogen-bond donors (Lipinski definition) is 1. The van der Waals surface area contributed by atoms with E-state index in [-0.39, 0.29) is 0 Å². The van der Waals surface area contributed by atoms with Gasteiger partial charge in [-0.15, -0.1) is 0 Å². The molecule has 108 valence electrons. The summed E-state index contributed by atoms with van der Waals surface area (Å²) in [6.07, 6.45) is 0.786. The summed E-state index contributed by atoms with van der Waals surface area (Å²) in [5.41, 5.74) is 1.28. The summed E-state index contributed by atoms with van der Waals surface area (Å²) in [5, 5.41) is 15.3. The fraction of sp³-hybridized carbons (Fsp3) is 0.308. The molecule has 20 heavy (non-hydrogen) atoms. The Balaban J connectivity index is 2.40. The van der Waals surface area contributed by atoms with Crippen LogP contribution in [-0.2, 0) is 11.3 Å². The molecule has 2 aromatic rings. The second-order valence-corrected chi connectivity index (χ2v) is 6.23. The number of benzene rings is 1. The monoisotopic (exact) mass is 422 g/mol. The van der Waals surface area contributed by atoms with Crippen molar-refractivity contribution in [3.63, 3.8) is 0 Å². The number of aliphatic hydroxyl groups excluding tert-OH is 1. The first-order valence-corrected chi connectivity index (χ1v) is 7.84. The van der Waals surface area contributed by atoms with Gasteiger partial charge in [0.2, 0.25) is 0 Å². The van der Waals surface area contributed by atoms with Gasteiger partial charge >= 0.3 is 0 Å². The maximum absolute atomic E-state index is 10.6. The summed E-state index contributed by atoms with van der Waals surface area (Å²) in [7, 11) is 1.62. The van der Waals surface area contributed by atoms with Gasteiger partial charge in [0.25, 0.3) is 0 Å². The fourth-order valence-corrected chi connectivity index (χ4v) is 3.00. The molecule has 1 unspecified atom stereocenters. The number of halogens is 3. The molecule has 1 aromatic heterocycles. The average molecular weight is 425 g/mol. The number of nitrogens with zero attached hydrogens (tertiary/aromatic N) is 2. The molecule has 7 heteroatoms. The molecule has 0 amide bonds. The van der Waals surface area contributed by atoms with E-state index < -0.39 is 6.10 Å². The number of aromatic nitrogens is 2. The van der Waals surface area contributed by atoms with Crippen molar-refractivity contribution in [2.75, 3.05) is 13.7 Å². The van der Waals surface area contributed by atoms with Crippen LogP contribution in [0.25, 0.3) is 0 Å². The zero-order valence-corrected chi connectivity index (χ0v) is 14.6. The Morgan fingerprint density at radius 2 is 2.15 bits per heavy atom. The summed E-state index contributed by atoms with van der Waals surface area (Å²) in [6, 6.07) is 5.45. The van der Waals surface area contributed by atoms with E-state index in [0.29, 0.717) is 29.4 Å². The van der Waals surface area contributed by atoms with E-state index in [4.69, 9.17) is 16.3 Å². The van der Waals surface area contributed by atoms with Crippen LogP contribution >= 0.6 is 43.5 Å². The minimum Gasteiger partial charge on any atom is -0.383 e. The fourth-order valence-electron chi connectivity index (χ4n) is 1.88. The van der Waals surface area contributed by atoms with Gasteiger partial charge in [-0.25, -0.2) is 0 Å². The van der Waals surface area contributed by atoms with Gasteiger partial charge in [0.15, 0.2) is 0 Å². The van der Waals surface area contributed by atoms with Crippen molar-refractivity contribution >= 4 is 43.5 Å². The molecule has 0 saturated carbocycles. The van der Waals surface area contributed by atoms with E-state index >= 15 is 0 Å². The lowest BCUT2D eigenvalue weighted by Crippen LogP contribution is -2.14. The second kappa shape index (κ2) is 7.04. The standard InChI is InChI=1S/C13H13Br2ClN2O2/c1-20-6-5-18-12(10(15)7-17-18)13(19)8-3-2-4-9(14)11(8)16/h2-4,7,13,19H,5-6H2,1H3. The third kappa shape index (κ3) is 3.26. The molecule has 1 heterocycles. The van der Waals surface area contributed by atoms with Crippen LogP contribution in [0.3, 0.4) is 0 Å². The number of aliphatic hydroxyl groups is 1. The van der Waals surface area contributed by atoms with Gasteiger partial charge in [0.1, 0.15) is 6.10 Å². The lowest BCUT2D eigenvalue weighted by molar-refractivity contribution is 0.171. The van der Waals surface area contributed by atoms with Gasteiger partial charge < -0.3 is 9.84 Å². The molecule has 0 aliphatic rings. The molecule has 2 rings (SSSR count). The lowest BCUT2D eigenvalue weighted by atomic mass is 10.1. The zero-order valence-electron chi connectivity index (χ0n) is 10.7. The highest BCUT2D eigenvalue weighted by Crippen LogP contribution is 2.35. The number of rotatable bonds is 5. The predicted molar refractivity (Wildman–Crippen MR) is 85.0 cm³/mol. The van der Waals surface area contributed by atoms with Crippen molar-refractivity contribution in [1.82, 2.24) is 9.78 Å². The van der Waals surface area contributed by atoms with Gasteiger partial charge in [0, 0.05) is 17.1 Å². The molecule has 0 aliphatic carbocycles. The third-order valence-corrected chi connectivity index (χ3v) is 4.80. The van der Waals surface area contributed by atoms with Crippen molar-refractivity contribution < 1.29 is 9.84 Å². The zero-order chi connectivity index (χ0) is 14.7. The molecular weight excluding hydrogens is 411 g/mol. The molecule has 1 N–H and O–H groups in total. The number of hydrogen-bond acceptors (Lipinski definition) is 3. The van der Waals surface area contributed by atoms with Gasteiger partial charge in [-0.2, -0.15) is 5.10 Å². The Morgan fingerprint density at radius 3 is 2.85 bits per heavy atom. The molecule has 1 aromatic carbocycles. The van der Waals surface area contributed by atoms with Crippen molar-refractivity contribution in [3.05, 3.63) is 49.6 Å².